The van der Waals surface area contributed by atoms with Crippen LogP contribution in [0.5, 0.6) is 0 Å². The molecule has 100 valence electrons. The number of hydrogen-bond acceptors (Lipinski definition) is 4. The van der Waals surface area contributed by atoms with Gasteiger partial charge >= 0.3 is 5.76 Å². The van der Waals surface area contributed by atoms with Crippen molar-refractivity contribution in [1.82, 2.24) is 15.2 Å². The molecule has 2 saturated heterocycles. The summed E-state index contributed by atoms with van der Waals surface area (Å²) in [5, 5.41) is 3.46. The normalized spacial score (nSPS) is 27.2. The van der Waals surface area contributed by atoms with Gasteiger partial charge in [0.05, 0.1) is 5.52 Å². The molecule has 1 aromatic carbocycles. The second kappa shape index (κ2) is 4.21. The second-order valence-electron chi connectivity index (χ2n) is 5.72. The summed E-state index contributed by atoms with van der Waals surface area (Å²) >= 11 is 0. The fraction of sp³-hybridized carbons (Fsp3) is 0.500. The summed E-state index contributed by atoms with van der Waals surface area (Å²) < 4.78 is 5.11. The third-order valence-electron chi connectivity index (χ3n) is 4.36. The SMILES string of the molecule is O=c1[nH]c2ccc(CN3C[C@H]4CNC[C@@H]4C3)cc2o1. The molecule has 0 unspecified atom stereocenters. The molecule has 0 bridgehead atoms. The molecule has 2 atom stereocenters. The molecule has 4 rings (SSSR count). The number of rotatable bonds is 2. The molecule has 5 heteroatoms. The van der Waals surface area contributed by atoms with E-state index in [2.05, 4.69) is 21.3 Å². The van der Waals surface area contributed by atoms with E-state index < -0.39 is 0 Å². The van der Waals surface area contributed by atoms with Crippen LogP contribution in [0, 0.1) is 11.8 Å². The Morgan fingerprint density at radius 3 is 2.84 bits per heavy atom. The van der Waals surface area contributed by atoms with Crippen LogP contribution in [0.3, 0.4) is 0 Å². The average molecular weight is 259 g/mol. The van der Waals surface area contributed by atoms with Crippen molar-refractivity contribution in [2.45, 2.75) is 6.54 Å². The number of H-pyrrole nitrogens is 1. The van der Waals surface area contributed by atoms with Crippen LogP contribution in [-0.2, 0) is 6.54 Å². The minimum absolute atomic E-state index is 0.381. The highest BCUT2D eigenvalue weighted by Gasteiger charge is 2.35. The molecule has 0 saturated carbocycles. The van der Waals surface area contributed by atoms with Crippen molar-refractivity contribution in [1.29, 1.82) is 0 Å². The zero-order chi connectivity index (χ0) is 12.8. The monoisotopic (exact) mass is 259 g/mol. The highest BCUT2D eigenvalue weighted by Crippen LogP contribution is 2.27. The number of aromatic nitrogens is 1. The Hall–Kier alpha value is -1.59. The van der Waals surface area contributed by atoms with Gasteiger partial charge in [-0.3, -0.25) is 9.88 Å². The molecule has 2 N–H and O–H groups in total. The molecule has 1 aromatic heterocycles. The van der Waals surface area contributed by atoms with E-state index in [4.69, 9.17) is 4.42 Å². The average Bonchev–Trinajstić information content (AvgIpc) is 3.01. The fourth-order valence-corrected chi connectivity index (χ4v) is 3.43. The number of aromatic amines is 1. The first-order valence-electron chi connectivity index (χ1n) is 6.83. The Kier molecular flexibility index (Phi) is 2.50. The van der Waals surface area contributed by atoms with E-state index in [9.17, 15) is 4.79 Å². The molecule has 2 aromatic rings. The molecular weight excluding hydrogens is 242 g/mol. The highest BCUT2D eigenvalue weighted by molar-refractivity contribution is 5.72. The maximum Gasteiger partial charge on any atom is 0.417 e. The topological polar surface area (TPSA) is 61.3 Å². The Bertz CT molecular complexity index is 648. The van der Waals surface area contributed by atoms with Gasteiger partial charge in [0.2, 0.25) is 0 Å². The van der Waals surface area contributed by atoms with Gasteiger partial charge in [-0.25, -0.2) is 4.79 Å². The summed E-state index contributed by atoms with van der Waals surface area (Å²) in [5.74, 6) is 1.25. The molecular formula is C14H17N3O2. The number of nitrogens with one attached hydrogen (secondary N) is 2. The number of fused-ring (bicyclic) bond motifs is 2. The molecule has 0 spiro atoms. The largest absolute Gasteiger partial charge is 0.417 e. The molecule has 2 fully saturated rings. The summed E-state index contributed by atoms with van der Waals surface area (Å²) in [6, 6.07) is 5.97. The minimum Gasteiger partial charge on any atom is -0.408 e. The van der Waals surface area contributed by atoms with E-state index in [1.807, 2.05) is 12.1 Å². The van der Waals surface area contributed by atoms with Gasteiger partial charge in [-0.1, -0.05) is 6.07 Å². The van der Waals surface area contributed by atoms with Crippen LogP contribution in [0.2, 0.25) is 0 Å². The van der Waals surface area contributed by atoms with E-state index in [1.54, 1.807) is 0 Å². The first kappa shape index (κ1) is 11.3. The Balaban J connectivity index is 1.53. The number of oxazole rings is 1. The summed E-state index contributed by atoms with van der Waals surface area (Å²) in [6.07, 6.45) is 0. The van der Waals surface area contributed by atoms with Gasteiger partial charge < -0.3 is 9.73 Å². The van der Waals surface area contributed by atoms with Gasteiger partial charge in [-0.2, -0.15) is 0 Å². The van der Waals surface area contributed by atoms with Crippen molar-refractivity contribution in [3.05, 3.63) is 34.3 Å². The van der Waals surface area contributed by atoms with Crippen LogP contribution in [-0.4, -0.2) is 36.1 Å². The molecule has 5 nitrogen and oxygen atoms in total. The van der Waals surface area contributed by atoms with Gasteiger partial charge in [0, 0.05) is 19.6 Å². The van der Waals surface area contributed by atoms with E-state index in [0.717, 1.165) is 37.0 Å². The van der Waals surface area contributed by atoms with Crippen LogP contribution in [0.1, 0.15) is 5.56 Å². The lowest BCUT2D eigenvalue weighted by atomic mass is 10.0. The highest BCUT2D eigenvalue weighted by atomic mass is 16.4. The van der Waals surface area contributed by atoms with Crippen molar-refractivity contribution in [2.75, 3.05) is 26.2 Å². The first-order chi connectivity index (χ1) is 9.28. The van der Waals surface area contributed by atoms with Gasteiger partial charge in [-0.15, -0.1) is 0 Å². The maximum absolute atomic E-state index is 11.1. The molecule has 2 aliphatic rings. The number of benzene rings is 1. The lowest BCUT2D eigenvalue weighted by molar-refractivity contribution is 0.305. The van der Waals surface area contributed by atoms with Crippen molar-refractivity contribution < 1.29 is 4.42 Å². The lowest BCUT2D eigenvalue weighted by Crippen LogP contribution is -2.25. The predicted molar refractivity (Wildman–Crippen MR) is 72.0 cm³/mol. The van der Waals surface area contributed by atoms with Crippen molar-refractivity contribution in [3.8, 4) is 0 Å². The van der Waals surface area contributed by atoms with Gasteiger partial charge in [-0.05, 0) is 42.6 Å². The number of hydrogen-bond donors (Lipinski definition) is 2. The standard InChI is InChI=1S/C14H17N3O2/c18-14-16-12-2-1-9(3-13(12)19-14)6-17-7-10-4-15-5-11(10)8-17/h1-3,10-11,15H,4-8H2,(H,16,18)/t10-,11-/m1/s1. The predicted octanol–water partition coefficient (Wildman–Crippen LogP) is 0.772. The van der Waals surface area contributed by atoms with Crippen LogP contribution in [0.15, 0.2) is 27.4 Å². The van der Waals surface area contributed by atoms with Gasteiger partial charge in [0.15, 0.2) is 5.58 Å². The molecule has 0 amide bonds. The first-order valence-corrected chi connectivity index (χ1v) is 6.83. The van der Waals surface area contributed by atoms with E-state index >= 15 is 0 Å². The zero-order valence-electron chi connectivity index (χ0n) is 10.7. The molecule has 0 aliphatic carbocycles. The Morgan fingerprint density at radius 1 is 1.26 bits per heavy atom. The van der Waals surface area contributed by atoms with E-state index in [0.29, 0.717) is 5.58 Å². The van der Waals surface area contributed by atoms with Crippen LogP contribution < -0.4 is 11.1 Å². The second-order valence-corrected chi connectivity index (χ2v) is 5.72. The minimum atomic E-state index is -0.381. The zero-order valence-corrected chi connectivity index (χ0v) is 10.7. The Labute approximate surface area is 110 Å². The summed E-state index contributed by atoms with van der Waals surface area (Å²) in [7, 11) is 0. The third-order valence-corrected chi connectivity index (χ3v) is 4.36. The number of nitrogens with zero attached hydrogens (tertiary/aromatic N) is 1. The van der Waals surface area contributed by atoms with E-state index in [-0.39, 0.29) is 5.76 Å². The number of likely N-dealkylation sites (tertiary alicyclic amines) is 1. The Morgan fingerprint density at radius 2 is 2.05 bits per heavy atom. The van der Waals surface area contributed by atoms with Crippen LogP contribution in [0.4, 0.5) is 0 Å². The fourth-order valence-electron chi connectivity index (χ4n) is 3.43. The smallest absolute Gasteiger partial charge is 0.408 e. The van der Waals surface area contributed by atoms with Crippen molar-refractivity contribution in [2.24, 2.45) is 11.8 Å². The maximum atomic E-state index is 11.1. The third kappa shape index (κ3) is 1.99. The summed E-state index contributed by atoms with van der Waals surface area (Å²) in [4.78, 5) is 16.3. The van der Waals surface area contributed by atoms with E-state index in [1.165, 1.54) is 18.7 Å². The summed E-state index contributed by atoms with van der Waals surface area (Å²) in [6.45, 7) is 5.61. The lowest BCUT2D eigenvalue weighted by Gasteiger charge is -2.16. The van der Waals surface area contributed by atoms with Gasteiger partial charge in [0.25, 0.3) is 0 Å². The molecule has 19 heavy (non-hydrogen) atoms. The van der Waals surface area contributed by atoms with Gasteiger partial charge in [0.1, 0.15) is 0 Å². The quantitative estimate of drug-likeness (QED) is 0.836. The van der Waals surface area contributed by atoms with Crippen molar-refractivity contribution in [3.63, 3.8) is 0 Å². The van der Waals surface area contributed by atoms with Crippen LogP contribution in [0.25, 0.3) is 11.1 Å². The van der Waals surface area contributed by atoms with Crippen molar-refractivity contribution >= 4 is 11.1 Å². The molecule has 2 aliphatic heterocycles. The summed E-state index contributed by atoms with van der Waals surface area (Å²) in [5.41, 5.74) is 2.64. The molecule has 0 radical (unpaired) electrons. The van der Waals surface area contributed by atoms with Crippen LogP contribution >= 0.6 is 0 Å². The molecule has 3 heterocycles.